The predicted molar refractivity (Wildman–Crippen MR) is 102 cm³/mol. The Balaban J connectivity index is 1.93. The average molecular weight is 371 g/mol. The molecule has 27 heavy (non-hydrogen) atoms. The number of carbonyl (C=O) groups is 2. The van der Waals surface area contributed by atoms with E-state index in [0.29, 0.717) is 23.8 Å². The lowest BCUT2D eigenvalue weighted by Crippen LogP contribution is -2.32. The zero-order valence-electron chi connectivity index (χ0n) is 15.3. The number of hydrogen-bond donors (Lipinski definition) is 2. The fraction of sp³-hybridized carbons (Fsp3) is 0.211. The molecule has 2 rings (SSSR count). The summed E-state index contributed by atoms with van der Waals surface area (Å²) in [6.07, 6.45) is 1.43. The van der Waals surface area contributed by atoms with Gasteiger partial charge in [-0.25, -0.2) is 5.43 Å². The third kappa shape index (κ3) is 5.74. The van der Waals surface area contributed by atoms with Gasteiger partial charge in [-0.05, 0) is 48.9 Å². The number of rotatable bonds is 7. The molecule has 0 unspecified atom stereocenters. The summed E-state index contributed by atoms with van der Waals surface area (Å²) >= 11 is 0. The van der Waals surface area contributed by atoms with Gasteiger partial charge in [-0.15, -0.1) is 0 Å². The Hall–Kier alpha value is -3.55. The summed E-state index contributed by atoms with van der Waals surface area (Å²) in [5, 5.41) is 6.23. The van der Waals surface area contributed by atoms with Crippen molar-refractivity contribution in [3.63, 3.8) is 0 Å². The Morgan fingerprint density at radius 1 is 1.00 bits per heavy atom. The van der Waals surface area contributed by atoms with Gasteiger partial charge in [-0.2, -0.15) is 5.10 Å². The van der Waals surface area contributed by atoms with Crippen LogP contribution in [0.15, 0.2) is 47.6 Å². The Morgan fingerprint density at radius 2 is 1.70 bits per heavy atom. The van der Waals surface area contributed by atoms with Gasteiger partial charge in [-0.1, -0.05) is 0 Å². The molecule has 0 saturated heterocycles. The van der Waals surface area contributed by atoms with E-state index in [2.05, 4.69) is 15.8 Å². The zero-order valence-corrected chi connectivity index (χ0v) is 15.3. The maximum atomic E-state index is 12.0. The first-order chi connectivity index (χ1) is 13.1. The van der Waals surface area contributed by atoms with E-state index in [-0.39, 0.29) is 0 Å². The molecule has 0 atom stereocenters. The van der Waals surface area contributed by atoms with Crippen molar-refractivity contribution in [1.82, 2.24) is 5.43 Å². The minimum atomic E-state index is -0.907. The van der Waals surface area contributed by atoms with Crippen LogP contribution < -0.4 is 25.0 Å². The van der Waals surface area contributed by atoms with Crippen LogP contribution in [0.5, 0.6) is 17.2 Å². The molecule has 8 heteroatoms. The molecule has 0 aliphatic heterocycles. The van der Waals surface area contributed by atoms with Crippen LogP contribution >= 0.6 is 0 Å². The number of carbonyl (C=O) groups excluding carboxylic acids is 2. The van der Waals surface area contributed by atoms with Gasteiger partial charge in [0, 0.05) is 6.07 Å². The van der Waals surface area contributed by atoms with Gasteiger partial charge in [-0.3, -0.25) is 9.59 Å². The van der Waals surface area contributed by atoms with Crippen molar-refractivity contribution < 1.29 is 23.8 Å². The van der Waals surface area contributed by atoms with Crippen molar-refractivity contribution >= 4 is 23.7 Å². The van der Waals surface area contributed by atoms with Crippen LogP contribution in [0.1, 0.15) is 12.5 Å². The van der Waals surface area contributed by atoms with E-state index in [1.165, 1.54) is 20.4 Å². The van der Waals surface area contributed by atoms with Gasteiger partial charge in [0.25, 0.3) is 0 Å². The number of nitrogens with zero attached hydrogens (tertiary/aromatic N) is 1. The van der Waals surface area contributed by atoms with Gasteiger partial charge in [0.15, 0.2) is 0 Å². The summed E-state index contributed by atoms with van der Waals surface area (Å²) in [5.41, 5.74) is 3.26. The lowest BCUT2D eigenvalue weighted by Gasteiger charge is -2.10. The lowest BCUT2D eigenvalue weighted by atomic mass is 10.2. The fourth-order valence-electron chi connectivity index (χ4n) is 2.11. The second-order valence-electron chi connectivity index (χ2n) is 5.22. The highest BCUT2D eigenvalue weighted by atomic mass is 16.5. The summed E-state index contributed by atoms with van der Waals surface area (Å²) in [7, 11) is 2.97. The predicted octanol–water partition coefficient (Wildman–Crippen LogP) is 2.19. The third-order valence-electron chi connectivity index (χ3n) is 3.43. The first-order valence-electron chi connectivity index (χ1n) is 8.16. The van der Waals surface area contributed by atoms with Crippen molar-refractivity contribution in [1.29, 1.82) is 0 Å². The Kier molecular flexibility index (Phi) is 7.18. The molecule has 0 fully saturated rings. The molecule has 142 valence electrons. The van der Waals surface area contributed by atoms with E-state index in [0.717, 1.165) is 11.3 Å². The van der Waals surface area contributed by atoms with Crippen LogP contribution in [-0.2, 0) is 9.59 Å². The maximum absolute atomic E-state index is 12.0. The number of benzene rings is 2. The standard InChI is InChI=1S/C19H21N3O5/c1-4-27-14-7-5-13(6-8-14)12-20-22-19(24)18(23)21-16-10-9-15(25-2)11-17(16)26-3/h5-12H,4H2,1-3H3,(H,21,23)(H,22,24)/b20-12+. The quantitative estimate of drug-likeness (QED) is 0.442. The largest absolute Gasteiger partial charge is 0.497 e. The van der Waals surface area contributed by atoms with Gasteiger partial charge in [0.2, 0.25) is 0 Å². The Morgan fingerprint density at radius 3 is 2.33 bits per heavy atom. The van der Waals surface area contributed by atoms with E-state index in [9.17, 15) is 9.59 Å². The molecule has 0 saturated carbocycles. The fourth-order valence-corrected chi connectivity index (χ4v) is 2.11. The topological polar surface area (TPSA) is 98.2 Å². The Bertz CT molecular complexity index is 819. The smallest absolute Gasteiger partial charge is 0.329 e. The van der Waals surface area contributed by atoms with Crippen LogP contribution in [0.25, 0.3) is 0 Å². The molecular formula is C19H21N3O5. The molecule has 0 heterocycles. The van der Waals surface area contributed by atoms with Crippen molar-refractivity contribution in [3.8, 4) is 17.2 Å². The highest BCUT2D eigenvalue weighted by Crippen LogP contribution is 2.28. The summed E-state index contributed by atoms with van der Waals surface area (Å²) in [4.78, 5) is 23.9. The highest BCUT2D eigenvalue weighted by molar-refractivity contribution is 6.39. The third-order valence-corrected chi connectivity index (χ3v) is 3.43. The summed E-state index contributed by atoms with van der Waals surface area (Å²) in [6, 6.07) is 11.9. The Labute approximate surface area is 157 Å². The zero-order chi connectivity index (χ0) is 19.6. The van der Waals surface area contributed by atoms with E-state index in [4.69, 9.17) is 14.2 Å². The second kappa shape index (κ2) is 9.81. The van der Waals surface area contributed by atoms with Crippen molar-refractivity contribution in [3.05, 3.63) is 48.0 Å². The molecule has 0 spiro atoms. The maximum Gasteiger partial charge on any atom is 0.329 e. The number of amides is 2. The molecule has 0 aliphatic carbocycles. The molecule has 0 aliphatic rings. The molecule has 0 bridgehead atoms. The highest BCUT2D eigenvalue weighted by Gasteiger charge is 2.15. The van der Waals surface area contributed by atoms with E-state index < -0.39 is 11.8 Å². The van der Waals surface area contributed by atoms with Gasteiger partial charge in [0.05, 0.1) is 32.7 Å². The minimum absolute atomic E-state index is 0.342. The van der Waals surface area contributed by atoms with Crippen LogP contribution in [-0.4, -0.2) is 38.9 Å². The van der Waals surface area contributed by atoms with Gasteiger partial charge >= 0.3 is 11.8 Å². The summed E-state index contributed by atoms with van der Waals surface area (Å²) < 4.78 is 15.6. The van der Waals surface area contributed by atoms with Crippen LogP contribution in [0.4, 0.5) is 5.69 Å². The molecule has 2 aromatic carbocycles. The molecule has 2 N–H and O–H groups in total. The molecule has 0 radical (unpaired) electrons. The number of hydrazone groups is 1. The van der Waals surface area contributed by atoms with Gasteiger partial charge in [0.1, 0.15) is 17.2 Å². The normalized spacial score (nSPS) is 10.3. The summed E-state index contributed by atoms with van der Waals surface area (Å²) in [5.74, 6) is -0.105. The minimum Gasteiger partial charge on any atom is -0.497 e. The number of nitrogens with one attached hydrogen (secondary N) is 2. The molecule has 0 aromatic heterocycles. The monoisotopic (exact) mass is 371 g/mol. The van der Waals surface area contributed by atoms with E-state index in [1.807, 2.05) is 6.92 Å². The number of hydrogen-bond acceptors (Lipinski definition) is 6. The van der Waals surface area contributed by atoms with Crippen molar-refractivity contribution in [2.75, 3.05) is 26.1 Å². The lowest BCUT2D eigenvalue weighted by molar-refractivity contribution is -0.136. The first-order valence-corrected chi connectivity index (χ1v) is 8.16. The molecular weight excluding hydrogens is 350 g/mol. The van der Waals surface area contributed by atoms with Crippen LogP contribution in [0.2, 0.25) is 0 Å². The van der Waals surface area contributed by atoms with Crippen LogP contribution in [0, 0.1) is 0 Å². The van der Waals surface area contributed by atoms with E-state index >= 15 is 0 Å². The second-order valence-corrected chi connectivity index (χ2v) is 5.22. The first kappa shape index (κ1) is 19.8. The van der Waals surface area contributed by atoms with Crippen LogP contribution in [0.3, 0.4) is 0 Å². The van der Waals surface area contributed by atoms with Crippen molar-refractivity contribution in [2.24, 2.45) is 5.10 Å². The molecule has 2 aromatic rings. The van der Waals surface area contributed by atoms with Crippen molar-refractivity contribution in [2.45, 2.75) is 6.92 Å². The van der Waals surface area contributed by atoms with E-state index in [1.54, 1.807) is 42.5 Å². The number of methoxy groups -OCH3 is 2. The average Bonchev–Trinajstić information content (AvgIpc) is 2.69. The molecule has 8 nitrogen and oxygen atoms in total. The SMILES string of the molecule is CCOc1ccc(/C=N/NC(=O)C(=O)Nc2ccc(OC)cc2OC)cc1. The van der Waals surface area contributed by atoms with Gasteiger partial charge < -0.3 is 19.5 Å². The summed E-state index contributed by atoms with van der Waals surface area (Å²) in [6.45, 7) is 2.48. The number of anilines is 1. The number of ether oxygens (including phenoxy) is 3. The molecule has 2 amide bonds.